The molecule has 19 heavy (non-hydrogen) atoms. The topological polar surface area (TPSA) is 26.3 Å². The van der Waals surface area contributed by atoms with Crippen molar-refractivity contribution in [1.29, 1.82) is 0 Å². The highest BCUT2D eigenvalue weighted by molar-refractivity contribution is 5.71. The highest BCUT2D eigenvalue weighted by atomic mass is 16.5. The van der Waals surface area contributed by atoms with Gasteiger partial charge in [-0.25, -0.2) is 0 Å². The first-order chi connectivity index (χ1) is 9.19. The van der Waals surface area contributed by atoms with Crippen molar-refractivity contribution in [3.63, 3.8) is 0 Å². The molecule has 0 aromatic heterocycles. The van der Waals surface area contributed by atoms with Crippen molar-refractivity contribution >= 4 is 5.97 Å². The molecular formula is C17H22O2. The summed E-state index contributed by atoms with van der Waals surface area (Å²) in [6.45, 7) is 5.66. The Morgan fingerprint density at radius 2 is 1.89 bits per heavy atom. The van der Waals surface area contributed by atoms with E-state index in [2.05, 4.69) is 37.8 Å². The summed E-state index contributed by atoms with van der Waals surface area (Å²) >= 11 is 0. The third kappa shape index (κ3) is 3.95. The molecule has 2 rings (SSSR count). The fourth-order valence-electron chi connectivity index (χ4n) is 2.70. The van der Waals surface area contributed by atoms with Crippen LogP contribution in [-0.4, -0.2) is 12.1 Å². The smallest absolute Gasteiger partial charge is 0.309 e. The fraction of sp³-hybridized carbons (Fsp3) is 0.471. The monoisotopic (exact) mass is 258 g/mol. The molecule has 102 valence electrons. The molecule has 0 amide bonds. The van der Waals surface area contributed by atoms with E-state index in [1.54, 1.807) is 6.08 Å². The van der Waals surface area contributed by atoms with Crippen molar-refractivity contribution in [3.05, 3.63) is 48.0 Å². The van der Waals surface area contributed by atoms with Crippen molar-refractivity contribution in [1.82, 2.24) is 0 Å². The van der Waals surface area contributed by atoms with E-state index in [1.165, 1.54) is 11.1 Å². The molecule has 2 heteroatoms. The van der Waals surface area contributed by atoms with Crippen LogP contribution in [0.2, 0.25) is 0 Å². The molecule has 0 N–H and O–H groups in total. The van der Waals surface area contributed by atoms with Crippen LogP contribution in [0.25, 0.3) is 0 Å². The lowest BCUT2D eigenvalue weighted by Crippen LogP contribution is -2.23. The van der Waals surface area contributed by atoms with Gasteiger partial charge < -0.3 is 4.74 Å². The Kier molecular flexibility index (Phi) is 4.78. The summed E-state index contributed by atoms with van der Waals surface area (Å²) in [4.78, 5) is 11.4. The second kappa shape index (κ2) is 6.55. The molecule has 1 aromatic carbocycles. The van der Waals surface area contributed by atoms with Crippen LogP contribution in [0, 0.1) is 6.92 Å². The Labute approximate surface area is 115 Å². The second-order valence-electron chi connectivity index (χ2n) is 5.37. The summed E-state index contributed by atoms with van der Waals surface area (Å²) < 4.78 is 5.42. The molecule has 1 aliphatic rings. The maximum absolute atomic E-state index is 11.4. The highest BCUT2D eigenvalue weighted by Gasteiger charge is 2.24. The van der Waals surface area contributed by atoms with Crippen molar-refractivity contribution in [2.45, 2.75) is 51.0 Å². The first-order valence-corrected chi connectivity index (χ1v) is 7.06. The Morgan fingerprint density at radius 1 is 1.26 bits per heavy atom. The lowest BCUT2D eigenvalue weighted by Gasteiger charge is -2.28. The van der Waals surface area contributed by atoms with Gasteiger partial charge >= 0.3 is 5.97 Å². The summed E-state index contributed by atoms with van der Waals surface area (Å²) in [6, 6.07) is 8.80. The molecular weight excluding hydrogens is 236 g/mol. The molecule has 0 radical (unpaired) electrons. The zero-order chi connectivity index (χ0) is 13.7. The van der Waals surface area contributed by atoms with E-state index in [0.29, 0.717) is 12.3 Å². The van der Waals surface area contributed by atoms with Crippen molar-refractivity contribution < 1.29 is 9.53 Å². The van der Waals surface area contributed by atoms with Gasteiger partial charge in [0.05, 0.1) is 6.42 Å². The van der Waals surface area contributed by atoms with Crippen LogP contribution in [0.3, 0.4) is 0 Å². The van der Waals surface area contributed by atoms with E-state index in [9.17, 15) is 4.79 Å². The number of aryl methyl sites for hydroxylation is 1. The Balaban J connectivity index is 1.83. The van der Waals surface area contributed by atoms with Crippen molar-refractivity contribution in [3.8, 4) is 0 Å². The Bertz CT molecular complexity index is 425. The minimum Gasteiger partial charge on any atom is -0.462 e. The zero-order valence-electron chi connectivity index (χ0n) is 11.6. The van der Waals surface area contributed by atoms with Gasteiger partial charge in [0.25, 0.3) is 0 Å². The lowest BCUT2D eigenvalue weighted by atomic mass is 9.82. The number of rotatable bonds is 4. The van der Waals surface area contributed by atoms with Crippen LogP contribution in [0.4, 0.5) is 0 Å². The molecule has 1 fully saturated rings. The average Bonchev–Trinajstić information content (AvgIpc) is 2.41. The van der Waals surface area contributed by atoms with Gasteiger partial charge in [-0.3, -0.25) is 4.79 Å². The summed E-state index contributed by atoms with van der Waals surface area (Å²) in [5.74, 6) is 0.476. The first kappa shape index (κ1) is 13.9. The molecule has 0 unspecified atom stereocenters. The molecule has 0 saturated heterocycles. The van der Waals surface area contributed by atoms with Gasteiger partial charge in [-0.1, -0.05) is 35.9 Å². The number of carbonyl (C=O) groups is 1. The van der Waals surface area contributed by atoms with Crippen LogP contribution < -0.4 is 0 Å². The zero-order valence-corrected chi connectivity index (χ0v) is 11.6. The molecule has 0 aliphatic heterocycles. The van der Waals surface area contributed by atoms with Gasteiger partial charge in [0.2, 0.25) is 0 Å². The van der Waals surface area contributed by atoms with Gasteiger partial charge in [-0.2, -0.15) is 0 Å². The van der Waals surface area contributed by atoms with E-state index in [-0.39, 0.29) is 12.1 Å². The van der Waals surface area contributed by atoms with Crippen LogP contribution in [0.1, 0.15) is 49.1 Å². The number of esters is 1. The highest BCUT2D eigenvalue weighted by Crippen LogP contribution is 2.34. The minimum atomic E-state index is -0.145. The number of benzene rings is 1. The molecule has 0 bridgehead atoms. The molecule has 1 saturated carbocycles. The number of hydrogen-bond donors (Lipinski definition) is 0. The van der Waals surface area contributed by atoms with Crippen LogP contribution >= 0.6 is 0 Å². The van der Waals surface area contributed by atoms with Gasteiger partial charge in [0.15, 0.2) is 0 Å². The number of ether oxygens (including phenoxy) is 1. The van der Waals surface area contributed by atoms with Crippen LogP contribution in [0.5, 0.6) is 0 Å². The maximum atomic E-state index is 11.4. The minimum absolute atomic E-state index is 0.106. The summed E-state index contributed by atoms with van der Waals surface area (Å²) in [5, 5.41) is 0. The summed E-state index contributed by atoms with van der Waals surface area (Å²) in [6.07, 6.45) is 6.18. The molecule has 2 nitrogen and oxygen atoms in total. The lowest BCUT2D eigenvalue weighted by molar-refractivity contribution is -0.149. The van der Waals surface area contributed by atoms with Gasteiger partial charge in [-0.05, 0) is 44.1 Å². The van der Waals surface area contributed by atoms with Crippen LogP contribution in [-0.2, 0) is 9.53 Å². The van der Waals surface area contributed by atoms with Crippen molar-refractivity contribution in [2.75, 3.05) is 0 Å². The van der Waals surface area contributed by atoms with E-state index in [0.717, 1.165) is 25.7 Å². The quantitative estimate of drug-likeness (QED) is 0.599. The van der Waals surface area contributed by atoms with Gasteiger partial charge in [0.1, 0.15) is 6.10 Å². The molecule has 0 heterocycles. The summed E-state index contributed by atoms with van der Waals surface area (Å²) in [5.41, 5.74) is 2.72. The molecule has 0 spiro atoms. The largest absolute Gasteiger partial charge is 0.462 e. The molecule has 0 atom stereocenters. The third-order valence-electron chi connectivity index (χ3n) is 3.83. The summed E-state index contributed by atoms with van der Waals surface area (Å²) in [7, 11) is 0. The Morgan fingerprint density at radius 3 is 2.47 bits per heavy atom. The van der Waals surface area contributed by atoms with E-state index in [4.69, 9.17) is 4.74 Å². The van der Waals surface area contributed by atoms with Crippen molar-refractivity contribution in [2.24, 2.45) is 0 Å². The first-order valence-electron chi connectivity index (χ1n) is 7.06. The Hall–Kier alpha value is -1.57. The third-order valence-corrected chi connectivity index (χ3v) is 3.83. The SMILES string of the molecule is C=CCC(=O)O[C@H]1CC[C@H](c2ccc(C)cc2)CC1. The molecule has 1 aliphatic carbocycles. The van der Waals surface area contributed by atoms with Gasteiger partial charge in [0, 0.05) is 0 Å². The fourth-order valence-corrected chi connectivity index (χ4v) is 2.70. The number of hydrogen-bond acceptors (Lipinski definition) is 2. The van der Waals surface area contributed by atoms with E-state index >= 15 is 0 Å². The van der Waals surface area contributed by atoms with E-state index in [1.807, 2.05) is 0 Å². The van der Waals surface area contributed by atoms with Gasteiger partial charge in [-0.15, -0.1) is 6.58 Å². The second-order valence-corrected chi connectivity index (χ2v) is 5.37. The predicted molar refractivity (Wildman–Crippen MR) is 77.1 cm³/mol. The average molecular weight is 258 g/mol. The van der Waals surface area contributed by atoms with Crippen LogP contribution in [0.15, 0.2) is 36.9 Å². The normalized spacial score (nSPS) is 22.8. The maximum Gasteiger partial charge on any atom is 0.309 e. The standard InChI is InChI=1S/C17H22O2/c1-3-4-17(18)19-16-11-9-15(10-12-16)14-7-5-13(2)6-8-14/h3,5-8,15-16H,1,4,9-12H2,2H3/t15-,16-. The van der Waals surface area contributed by atoms with E-state index < -0.39 is 0 Å². The predicted octanol–water partition coefficient (Wildman–Crippen LogP) is 4.14. The number of carbonyl (C=O) groups excluding carboxylic acids is 1. The molecule has 1 aromatic rings.